The Labute approximate surface area is 136 Å². The zero-order valence-corrected chi connectivity index (χ0v) is 13.4. The lowest BCUT2D eigenvalue weighted by Gasteiger charge is -2.09. The van der Waals surface area contributed by atoms with Gasteiger partial charge in [-0.05, 0) is 59.0 Å². The minimum absolute atomic E-state index is 0.351. The zero-order valence-electron chi connectivity index (χ0n) is 11.2. The van der Waals surface area contributed by atoms with Crippen LogP contribution in [0.2, 0.25) is 0 Å². The van der Waals surface area contributed by atoms with Crippen molar-refractivity contribution in [2.45, 2.75) is 0 Å². The molecule has 0 aliphatic carbocycles. The Bertz CT molecular complexity index is 619. The van der Waals surface area contributed by atoms with Gasteiger partial charge < -0.3 is 9.47 Å². The molecule has 2 aromatic rings. The van der Waals surface area contributed by atoms with Crippen molar-refractivity contribution >= 4 is 28.5 Å². The maximum absolute atomic E-state index is 11.4. The van der Waals surface area contributed by atoms with E-state index in [4.69, 9.17) is 15.3 Å². The third kappa shape index (κ3) is 4.91. The van der Waals surface area contributed by atoms with E-state index in [1.54, 1.807) is 24.3 Å². The maximum atomic E-state index is 11.4. The first-order valence-corrected chi connectivity index (χ1v) is 7.39. The molecule has 0 aliphatic rings. The minimum Gasteiger partial charge on any atom is -0.490 e. The Kier molecular flexibility index (Phi) is 5.82. The zero-order chi connectivity index (χ0) is 15.1. The topological polar surface area (TPSA) is 73.6 Å². The van der Waals surface area contributed by atoms with Gasteiger partial charge in [0.1, 0.15) is 24.7 Å². The van der Waals surface area contributed by atoms with Crippen molar-refractivity contribution in [3.05, 3.63) is 57.7 Å². The van der Waals surface area contributed by atoms with Crippen LogP contribution < -0.4 is 20.7 Å². The Morgan fingerprint density at radius 3 is 2.29 bits per heavy atom. The average Bonchev–Trinajstić information content (AvgIpc) is 2.51. The summed E-state index contributed by atoms with van der Waals surface area (Å²) >= 11 is 2.23. The lowest BCUT2D eigenvalue weighted by atomic mass is 10.2. The van der Waals surface area contributed by atoms with Crippen molar-refractivity contribution in [1.29, 1.82) is 0 Å². The first-order valence-electron chi connectivity index (χ1n) is 6.31. The average molecular weight is 398 g/mol. The van der Waals surface area contributed by atoms with Gasteiger partial charge in [-0.15, -0.1) is 0 Å². The van der Waals surface area contributed by atoms with Crippen LogP contribution in [0.15, 0.2) is 48.5 Å². The van der Waals surface area contributed by atoms with Crippen molar-refractivity contribution in [2.75, 3.05) is 13.2 Å². The number of carbonyl (C=O) groups is 1. The second-order valence-electron chi connectivity index (χ2n) is 4.16. The van der Waals surface area contributed by atoms with Crippen molar-refractivity contribution < 1.29 is 14.3 Å². The van der Waals surface area contributed by atoms with Crippen LogP contribution >= 0.6 is 22.6 Å². The highest BCUT2D eigenvalue weighted by atomic mass is 127. The molecule has 0 atom stereocenters. The molecule has 0 radical (unpaired) electrons. The first-order chi connectivity index (χ1) is 10.2. The van der Waals surface area contributed by atoms with Crippen molar-refractivity contribution in [2.24, 2.45) is 5.84 Å². The molecule has 0 aromatic heterocycles. The molecule has 1 amide bonds. The lowest BCUT2D eigenvalue weighted by Crippen LogP contribution is -2.29. The molecule has 110 valence electrons. The monoisotopic (exact) mass is 398 g/mol. The number of benzene rings is 2. The predicted octanol–water partition coefficient (Wildman–Crippen LogP) is 2.35. The molecule has 0 aliphatic heterocycles. The molecule has 0 saturated carbocycles. The molecule has 2 aromatic carbocycles. The smallest absolute Gasteiger partial charge is 0.265 e. The first kappa shape index (κ1) is 15.6. The fourth-order valence-corrected chi connectivity index (χ4v) is 2.20. The Morgan fingerprint density at radius 2 is 1.67 bits per heavy atom. The predicted molar refractivity (Wildman–Crippen MR) is 88.2 cm³/mol. The van der Waals surface area contributed by atoms with E-state index in [9.17, 15) is 4.79 Å². The normalized spacial score (nSPS) is 10.0. The van der Waals surface area contributed by atoms with E-state index in [-0.39, 0.29) is 5.91 Å². The number of hydrogen-bond acceptors (Lipinski definition) is 4. The van der Waals surface area contributed by atoms with Crippen LogP contribution in [-0.2, 0) is 0 Å². The summed E-state index contributed by atoms with van der Waals surface area (Å²) in [7, 11) is 0. The number of nitrogens with two attached hydrogens (primary N) is 1. The van der Waals surface area contributed by atoms with Crippen molar-refractivity contribution in [1.82, 2.24) is 5.43 Å². The van der Waals surface area contributed by atoms with Gasteiger partial charge in [0.2, 0.25) is 0 Å². The fraction of sp³-hybridized carbons (Fsp3) is 0.133. The van der Waals surface area contributed by atoms with Crippen LogP contribution in [0.3, 0.4) is 0 Å². The van der Waals surface area contributed by atoms with E-state index in [2.05, 4.69) is 28.0 Å². The number of carbonyl (C=O) groups excluding carboxylic acids is 1. The highest BCUT2D eigenvalue weighted by molar-refractivity contribution is 14.1. The number of nitrogens with one attached hydrogen (secondary N) is 1. The van der Waals surface area contributed by atoms with Crippen LogP contribution in [0.1, 0.15) is 10.4 Å². The summed E-state index contributed by atoms with van der Waals surface area (Å²) in [4.78, 5) is 11.4. The van der Waals surface area contributed by atoms with Gasteiger partial charge in [0.25, 0.3) is 5.91 Å². The third-order valence-electron chi connectivity index (χ3n) is 2.64. The summed E-state index contributed by atoms with van der Waals surface area (Å²) in [6.07, 6.45) is 0. The Morgan fingerprint density at radius 1 is 1.05 bits per heavy atom. The number of nitrogen functional groups attached to an aromatic ring is 1. The van der Waals surface area contributed by atoms with Crippen LogP contribution in [0.4, 0.5) is 0 Å². The number of halogens is 1. The largest absolute Gasteiger partial charge is 0.490 e. The molecule has 6 heteroatoms. The van der Waals surface area contributed by atoms with Crippen molar-refractivity contribution in [3.8, 4) is 11.5 Å². The SMILES string of the molecule is NNC(=O)c1cccc(OCCOc2cccc(I)c2)c1. The minimum atomic E-state index is -0.351. The molecule has 3 N–H and O–H groups in total. The van der Waals surface area contributed by atoms with Gasteiger partial charge in [0.05, 0.1) is 0 Å². The summed E-state index contributed by atoms with van der Waals surface area (Å²) in [6.45, 7) is 0.812. The van der Waals surface area contributed by atoms with Gasteiger partial charge >= 0.3 is 0 Å². The summed E-state index contributed by atoms with van der Waals surface area (Å²) in [5.41, 5.74) is 2.53. The van der Waals surface area contributed by atoms with E-state index in [1.807, 2.05) is 24.3 Å². The Hall–Kier alpha value is -1.80. The van der Waals surface area contributed by atoms with E-state index in [0.717, 1.165) is 9.32 Å². The second kappa shape index (κ2) is 7.84. The number of rotatable bonds is 6. The molecule has 0 heterocycles. The van der Waals surface area contributed by atoms with Gasteiger partial charge in [-0.25, -0.2) is 5.84 Å². The molecule has 5 nitrogen and oxygen atoms in total. The molecule has 0 spiro atoms. The molecule has 0 unspecified atom stereocenters. The molecule has 2 rings (SSSR count). The summed E-state index contributed by atoms with van der Waals surface area (Å²) in [5.74, 6) is 6.15. The van der Waals surface area contributed by atoms with Crippen LogP contribution in [0.5, 0.6) is 11.5 Å². The summed E-state index contributed by atoms with van der Waals surface area (Å²) < 4.78 is 12.2. The molecule has 21 heavy (non-hydrogen) atoms. The van der Waals surface area contributed by atoms with Crippen molar-refractivity contribution in [3.63, 3.8) is 0 Å². The second-order valence-corrected chi connectivity index (χ2v) is 5.40. The van der Waals surface area contributed by atoms with Gasteiger partial charge in [-0.3, -0.25) is 10.2 Å². The molecule has 0 fully saturated rings. The molecule has 0 bridgehead atoms. The van der Waals surface area contributed by atoms with Gasteiger partial charge in [0.15, 0.2) is 0 Å². The van der Waals surface area contributed by atoms with Gasteiger partial charge in [-0.1, -0.05) is 12.1 Å². The summed E-state index contributed by atoms with van der Waals surface area (Å²) in [6, 6.07) is 14.6. The van der Waals surface area contributed by atoms with E-state index < -0.39 is 0 Å². The van der Waals surface area contributed by atoms with Gasteiger partial charge in [-0.2, -0.15) is 0 Å². The highest BCUT2D eigenvalue weighted by Gasteiger charge is 2.04. The number of amides is 1. The standard InChI is InChI=1S/C15H15IN2O3/c16-12-4-2-6-14(10-12)21-8-7-20-13-5-1-3-11(9-13)15(19)18-17/h1-6,9-10H,7-8,17H2,(H,18,19). The summed E-state index contributed by atoms with van der Waals surface area (Å²) in [5, 5.41) is 0. The molecule has 0 saturated heterocycles. The van der Waals surface area contributed by atoms with Gasteiger partial charge in [0, 0.05) is 9.13 Å². The van der Waals surface area contributed by atoms with Crippen LogP contribution in [0, 0.1) is 3.57 Å². The van der Waals surface area contributed by atoms with E-state index in [0.29, 0.717) is 24.5 Å². The molecular weight excluding hydrogens is 383 g/mol. The maximum Gasteiger partial charge on any atom is 0.265 e. The van der Waals surface area contributed by atoms with E-state index in [1.165, 1.54) is 0 Å². The van der Waals surface area contributed by atoms with E-state index >= 15 is 0 Å². The number of ether oxygens (including phenoxy) is 2. The third-order valence-corrected chi connectivity index (χ3v) is 3.32. The molecular formula is C15H15IN2O3. The van der Waals surface area contributed by atoms with Crippen LogP contribution in [0.25, 0.3) is 0 Å². The number of hydrazine groups is 1. The quantitative estimate of drug-likeness (QED) is 0.258. The van der Waals surface area contributed by atoms with Crippen LogP contribution in [-0.4, -0.2) is 19.1 Å². The Balaban J connectivity index is 1.82. The highest BCUT2D eigenvalue weighted by Crippen LogP contribution is 2.15. The fourth-order valence-electron chi connectivity index (χ4n) is 1.69. The number of hydrogen-bond donors (Lipinski definition) is 2. The lowest BCUT2D eigenvalue weighted by molar-refractivity contribution is 0.0953.